The highest BCUT2D eigenvalue weighted by molar-refractivity contribution is 5.85. The summed E-state index contributed by atoms with van der Waals surface area (Å²) in [6.45, 7) is 5.23. The molecule has 2 rings (SSSR count). The lowest BCUT2D eigenvalue weighted by Crippen LogP contribution is -2.37. The lowest BCUT2D eigenvalue weighted by molar-refractivity contribution is -0.125. The van der Waals surface area contributed by atoms with E-state index in [-0.39, 0.29) is 24.2 Å². The molecule has 144 valence electrons. The van der Waals surface area contributed by atoms with Crippen LogP contribution in [-0.4, -0.2) is 42.9 Å². The SMILES string of the molecule is CNC(=O)C1CCC(NCc2c(C(C)C)nn(C)c2N(C)C)CC1.Cl. The zero-order valence-corrected chi connectivity index (χ0v) is 17.2. The van der Waals surface area contributed by atoms with E-state index in [1.807, 2.05) is 11.7 Å². The van der Waals surface area contributed by atoms with Crippen LogP contribution in [0, 0.1) is 5.92 Å². The molecule has 6 nitrogen and oxygen atoms in total. The molecule has 0 aliphatic heterocycles. The molecule has 1 amide bonds. The number of carbonyl (C=O) groups excluding carboxylic acids is 1. The van der Waals surface area contributed by atoms with E-state index >= 15 is 0 Å². The van der Waals surface area contributed by atoms with Crippen LogP contribution < -0.4 is 15.5 Å². The number of hydrogen-bond donors (Lipinski definition) is 2. The molecule has 1 fully saturated rings. The Morgan fingerprint density at radius 3 is 2.36 bits per heavy atom. The van der Waals surface area contributed by atoms with E-state index in [9.17, 15) is 4.79 Å². The van der Waals surface area contributed by atoms with Crippen LogP contribution in [0.2, 0.25) is 0 Å². The van der Waals surface area contributed by atoms with Crippen LogP contribution in [0.5, 0.6) is 0 Å². The van der Waals surface area contributed by atoms with Gasteiger partial charge in [-0.2, -0.15) is 5.10 Å². The molecule has 0 spiro atoms. The molecule has 0 saturated heterocycles. The molecule has 2 N–H and O–H groups in total. The minimum absolute atomic E-state index is 0. The number of aromatic nitrogens is 2. The van der Waals surface area contributed by atoms with Crippen molar-refractivity contribution in [3.63, 3.8) is 0 Å². The zero-order valence-electron chi connectivity index (χ0n) is 16.4. The average Bonchev–Trinajstić information content (AvgIpc) is 2.89. The maximum Gasteiger partial charge on any atom is 0.222 e. The first-order valence-corrected chi connectivity index (χ1v) is 9.03. The number of anilines is 1. The molecule has 0 radical (unpaired) electrons. The molecular weight excluding hydrogens is 338 g/mol. The van der Waals surface area contributed by atoms with Crippen LogP contribution in [-0.2, 0) is 18.4 Å². The van der Waals surface area contributed by atoms with Gasteiger partial charge < -0.3 is 15.5 Å². The summed E-state index contributed by atoms with van der Waals surface area (Å²) >= 11 is 0. The normalized spacial score (nSPS) is 20.3. The molecule has 1 aromatic rings. The highest BCUT2D eigenvalue weighted by Gasteiger charge is 2.26. The van der Waals surface area contributed by atoms with Gasteiger partial charge in [0.1, 0.15) is 5.82 Å². The topological polar surface area (TPSA) is 62.2 Å². The Hall–Kier alpha value is -1.27. The van der Waals surface area contributed by atoms with Crippen LogP contribution in [0.3, 0.4) is 0 Å². The molecule has 1 heterocycles. The molecule has 0 unspecified atom stereocenters. The van der Waals surface area contributed by atoms with Gasteiger partial charge >= 0.3 is 0 Å². The van der Waals surface area contributed by atoms with Crippen LogP contribution >= 0.6 is 12.4 Å². The number of hydrogen-bond acceptors (Lipinski definition) is 4. The maximum absolute atomic E-state index is 11.7. The van der Waals surface area contributed by atoms with Gasteiger partial charge in [0.2, 0.25) is 5.91 Å². The number of nitrogens with zero attached hydrogens (tertiary/aromatic N) is 3. The van der Waals surface area contributed by atoms with E-state index in [0.29, 0.717) is 12.0 Å². The number of nitrogens with one attached hydrogen (secondary N) is 2. The van der Waals surface area contributed by atoms with E-state index in [1.54, 1.807) is 7.05 Å². The second-order valence-corrected chi connectivity index (χ2v) is 7.40. The average molecular weight is 372 g/mol. The first-order valence-electron chi connectivity index (χ1n) is 9.03. The van der Waals surface area contributed by atoms with Gasteiger partial charge in [0, 0.05) is 52.3 Å². The van der Waals surface area contributed by atoms with Crippen LogP contribution in [0.25, 0.3) is 0 Å². The molecule has 25 heavy (non-hydrogen) atoms. The molecule has 0 atom stereocenters. The van der Waals surface area contributed by atoms with Gasteiger partial charge in [-0.05, 0) is 31.6 Å². The molecule has 1 aliphatic rings. The summed E-state index contributed by atoms with van der Waals surface area (Å²) < 4.78 is 1.98. The minimum Gasteiger partial charge on any atom is -0.363 e. The van der Waals surface area contributed by atoms with Gasteiger partial charge in [-0.3, -0.25) is 9.48 Å². The van der Waals surface area contributed by atoms with Crippen LogP contribution in [0.1, 0.15) is 56.7 Å². The molecule has 7 heteroatoms. The molecule has 0 aromatic carbocycles. The molecule has 1 aromatic heterocycles. The fourth-order valence-corrected chi connectivity index (χ4v) is 3.78. The number of halogens is 1. The Morgan fingerprint density at radius 2 is 1.88 bits per heavy atom. The third-order valence-electron chi connectivity index (χ3n) is 5.03. The molecular formula is C18H34ClN5O. The van der Waals surface area contributed by atoms with Crippen molar-refractivity contribution in [3.8, 4) is 0 Å². The second kappa shape index (κ2) is 9.43. The third-order valence-corrected chi connectivity index (χ3v) is 5.03. The van der Waals surface area contributed by atoms with E-state index in [2.05, 4.69) is 43.5 Å². The van der Waals surface area contributed by atoms with Gasteiger partial charge in [-0.25, -0.2) is 0 Å². The molecule has 1 aliphatic carbocycles. The number of amides is 1. The Bertz CT molecular complexity index is 562. The van der Waals surface area contributed by atoms with Crippen LogP contribution in [0.4, 0.5) is 5.82 Å². The Labute approximate surface area is 158 Å². The van der Waals surface area contributed by atoms with Crippen molar-refractivity contribution in [2.75, 3.05) is 26.0 Å². The minimum atomic E-state index is 0. The lowest BCUT2D eigenvalue weighted by Gasteiger charge is -2.28. The van der Waals surface area contributed by atoms with Crippen molar-refractivity contribution in [1.82, 2.24) is 20.4 Å². The lowest BCUT2D eigenvalue weighted by atomic mass is 9.85. The van der Waals surface area contributed by atoms with Gasteiger partial charge in [-0.15, -0.1) is 12.4 Å². The van der Waals surface area contributed by atoms with Crippen molar-refractivity contribution in [1.29, 1.82) is 0 Å². The van der Waals surface area contributed by atoms with Gasteiger partial charge in [-0.1, -0.05) is 13.8 Å². The second-order valence-electron chi connectivity index (χ2n) is 7.40. The fraction of sp³-hybridized carbons (Fsp3) is 0.778. The highest BCUT2D eigenvalue weighted by atomic mass is 35.5. The monoisotopic (exact) mass is 371 g/mol. The van der Waals surface area contributed by atoms with Gasteiger partial charge in [0.05, 0.1) is 5.69 Å². The van der Waals surface area contributed by atoms with E-state index < -0.39 is 0 Å². The Morgan fingerprint density at radius 1 is 1.28 bits per heavy atom. The largest absolute Gasteiger partial charge is 0.363 e. The quantitative estimate of drug-likeness (QED) is 0.806. The predicted octanol–water partition coefficient (Wildman–Crippen LogP) is 2.43. The number of aryl methyl sites for hydroxylation is 1. The van der Waals surface area contributed by atoms with Gasteiger partial charge in [0.25, 0.3) is 0 Å². The van der Waals surface area contributed by atoms with Crippen molar-refractivity contribution >= 4 is 24.1 Å². The first kappa shape index (κ1) is 21.8. The van der Waals surface area contributed by atoms with E-state index in [0.717, 1.165) is 32.2 Å². The Balaban J connectivity index is 0.00000312. The van der Waals surface area contributed by atoms with Crippen LogP contribution in [0.15, 0.2) is 0 Å². The fourth-order valence-electron chi connectivity index (χ4n) is 3.78. The third kappa shape index (κ3) is 5.11. The number of rotatable bonds is 6. The first-order chi connectivity index (χ1) is 11.3. The summed E-state index contributed by atoms with van der Waals surface area (Å²) in [5.74, 6) is 1.96. The van der Waals surface area contributed by atoms with Crippen molar-refractivity contribution in [3.05, 3.63) is 11.3 Å². The summed E-state index contributed by atoms with van der Waals surface area (Å²) in [7, 11) is 7.88. The van der Waals surface area contributed by atoms with E-state index in [4.69, 9.17) is 5.10 Å². The van der Waals surface area contributed by atoms with E-state index in [1.165, 1.54) is 17.1 Å². The zero-order chi connectivity index (χ0) is 17.9. The van der Waals surface area contributed by atoms with Gasteiger partial charge in [0.15, 0.2) is 0 Å². The summed E-state index contributed by atoms with van der Waals surface area (Å²) in [5.41, 5.74) is 2.47. The summed E-state index contributed by atoms with van der Waals surface area (Å²) in [5, 5.41) is 11.2. The maximum atomic E-state index is 11.7. The molecule has 0 bridgehead atoms. The van der Waals surface area contributed by atoms with Crippen molar-refractivity contribution in [2.45, 2.75) is 58.0 Å². The Kier molecular flexibility index (Phi) is 8.22. The van der Waals surface area contributed by atoms with Crippen molar-refractivity contribution < 1.29 is 4.79 Å². The number of carbonyl (C=O) groups is 1. The van der Waals surface area contributed by atoms with Crippen molar-refractivity contribution in [2.24, 2.45) is 13.0 Å². The standard InChI is InChI=1S/C18H33N5O.ClH/c1-12(2)16-15(18(22(4)5)23(6)21-16)11-20-14-9-7-13(8-10-14)17(24)19-3;/h12-14,20H,7-11H2,1-6H3,(H,19,24);1H. The highest BCUT2D eigenvalue weighted by Crippen LogP contribution is 2.29. The molecule has 1 saturated carbocycles. The summed E-state index contributed by atoms with van der Waals surface area (Å²) in [6, 6.07) is 0.487. The smallest absolute Gasteiger partial charge is 0.222 e. The summed E-state index contributed by atoms with van der Waals surface area (Å²) in [4.78, 5) is 13.9. The predicted molar refractivity (Wildman–Crippen MR) is 106 cm³/mol. The summed E-state index contributed by atoms with van der Waals surface area (Å²) in [6.07, 6.45) is 4.07.